The molecule has 0 saturated carbocycles. The minimum atomic E-state index is -0.357. The second-order valence-corrected chi connectivity index (χ2v) is 3.87. The Morgan fingerprint density at radius 1 is 1.37 bits per heavy atom. The van der Waals surface area contributed by atoms with Crippen LogP contribution < -0.4 is 20.9 Å². The number of thiocarbonyl (C=S) groups is 1. The van der Waals surface area contributed by atoms with Crippen LogP contribution in [0.25, 0.3) is 0 Å². The van der Waals surface area contributed by atoms with E-state index in [9.17, 15) is 4.79 Å². The molecule has 0 spiro atoms. The number of carbonyl (C=O) groups excluding carboxylic acids is 1. The molecule has 0 aliphatic rings. The third kappa shape index (κ3) is 5.70. The van der Waals surface area contributed by atoms with Crippen molar-refractivity contribution in [3.63, 3.8) is 0 Å². The van der Waals surface area contributed by atoms with E-state index in [0.29, 0.717) is 23.0 Å². The van der Waals surface area contributed by atoms with E-state index in [4.69, 9.17) is 22.2 Å². The molecule has 0 heterocycles. The summed E-state index contributed by atoms with van der Waals surface area (Å²) in [7, 11) is 0. The molecule has 6 nitrogen and oxygen atoms in total. The van der Waals surface area contributed by atoms with E-state index in [1.165, 1.54) is 0 Å². The molecule has 19 heavy (non-hydrogen) atoms. The van der Waals surface area contributed by atoms with Gasteiger partial charge in [-0.3, -0.25) is 15.6 Å². The van der Waals surface area contributed by atoms with Crippen LogP contribution in [0.4, 0.5) is 0 Å². The molecule has 100 valence electrons. The predicted octanol–water partition coefficient (Wildman–Crippen LogP) is 0.452. The Balaban J connectivity index is 2.29. The molecule has 0 aromatic heterocycles. The summed E-state index contributed by atoms with van der Waals surface area (Å²) in [6, 6.07) is 8.49. The maximum absolute atomic E-state index is 11.4. The van der Waals surface area contributed by atoms with E-state index < -0.39 is 0 Å². The molecule has 7 heteroatoms. The smallest absolute Gasteiger partial charge is 0.276 e. The van der Waals surface area contributed by atoms with Gasteiger partial charge >= 0.3 is 0 Å². The first kappa shape index (κ1) is 14.7. The van der Waals surface area contributed by atoms with Crippen LogP contribution in [0.2, 0.25) is 0 Å². The Hall–Kier alpha value is -2.33. The molecule has 0 bridgehead atoms. The number of benzene rings is 1. The van der Waals surface area contributed by atoms with Crippen LogP contribution in [-0.2, 0) is 4.79 Å². The zero-order valence-corrected chi connectivity index (χ0v) is 11.2. The number of rotatable bonds is 4. The Bertz CT molecular complexity index is 481. The van der Waals surface area contributed by atoms with Crippen LogP contribution in [0.15, 0.2) is 24.3 Å². The van der Waals surface area contributed by atoms with Gasteiger partial charge in [0.25, 0.3) is 5.91 Å². The highest BCUT2D eigenvalue weighted by molar-refractivity contribution is 7.80. The summed E-state index contributed by atoms with van der Waals surface area (Å²) in [6.07, 6.45) is 0. The van der Waals surface area contributed by atoms with Crippen molar-refractivity contribution in [2.75, 3.05) is 13.2 Å². The van der Waals surface area contributed by atoms with Crippen LogP contribution in [0.3, 0.4) is 0 Å². The number of nitriles is 1. The molecule has 3 N–H and O–H groups in total. The van der Waals surface area contributed by atoms with Crippen LogP contribution in [0, 0.1) is 11.3 Å². The summed E-state index contributed by atoms with van der Waals surface area (Å²) in [4.78, 5) is 11.4. The lowest BCUT2D eigenvalue weighted by atomic mass is 10.2. The van der Waals surface area contributed by atoms with E-state index in [1.807, 2.05) is 13.0 Å². The largest absolute Gasteiger partial charge is 0.484 e. The Kier molecular flexibility index (Phi) is 6.12. The van der Waals surface area contributed by atoms with Crippen molar-refractivity contribution in [1.82, 2.24) is 16.2 Å². The van der Waals surface area contributed by atoms with Gasteiger partial charge in [0.15, 0.2) is 11.7 Å². The minimum absolute atomic E-state index is 0.145. The predicted molar refractivity (Wildman–Crippen MR) is 74.2 cm³/mol. The Morgan fingerprint density at radius 2 is 2.05 bits per heavy atom. The van der Waals surface area contributed by atoms with Crippen molar-refractivity contribution >= 4 is 23.2 Å². The van der Waals surface area contributed by atoms with Crippen molar-refractivity contribution in [2.24, 2.45) is 0 Å². The van der Waals surface area contributed by atoms with E-state index in [0.717, 1.165) is 0 Å². The fourth-order valence-electron chi connectivity index (χ4n) is 1.14. The standard InChI is InChI=1S/C12H14N4O2S/c1-2-14-12(19)16-15-11(17)8-18-10-5-3-9(7-13)4-6-10/h3-6H,2,8H2,1H3,(H,15,17)(H2,14,16,19). The second-order valence-electron chi connectivity index (χ2n) is 3.46. The molecule has 1 rings (SSSR count). The first-order valence-electron chi connectivity index (χ1n) is 5.61. The first-order chi connectivity index (χ1) is 9.15. The summed E-state index contributed by atoms with van der Waals surface area (Å²) in [6.45, 7) is 2.42. The van der Waals surface area contributed by atoms with Gasteiger partial charge in [0, 0.05) is 6.54 Å². The lowest BCUT2D eigenvalue weighted by Crippen LogP contribution is -2.48. The Morgan fingerprint density at radius 3 is 2.63 bits per heavy atom. The highest BCUT2D eigenvalue weighted by atomic mass is 32.1. The molecular formula is C12H14N4O2S. The molecule has 0 aliphatic carbocycles. The zero-order valence-electron chi connectivity index (χ0n) is 10.4. The van der Waals surface area contributed by atoms with Gasteiger partial charge in [0.2, 0.25) is 0 Å². The molecule has 0 aliphatic heterocycles. The van der Waals surface area contributed by atoms with Gasteiger partial charge in [-0.25, -0.2) is 0 Å². The van der Waals surface area contributed by atoms with Gasteiger partial charge in [-0.15, -0.1) is 0 Å². The lowest BCUT2D eigenvalue weighted by Gasteiger charge is -2.10. The van der Waals surface area contributed by atoms with E-state index in [1.54, 1.807) is 24.3 Å². The molecule has 1 aromatic carbocycles. The normalized spacial score (nSPS) is 9.05. The van der Waals surface area contributed by atoms with Crippen LogP contribution in [-0.4, -0.2) is 24.2 Å². The lowest BCUT2D eigenvalue weighted by molar-refractivity contribution is -0.123. The molecule has 0 fully saturated rings. The number of nitrogens with one attached hydrogen (secondary N) is 3. The van der Waals surface area contributed by atoms with Crippen molar-refractivity contribution in [3.05, 3.63) is 29.8 Å². The fraction of sp³-hybridized carbons (Fsp3) is 0.250. The van der Waals surface area contributed by atoms with Crippen molar-refractivity contribution in [2.45, 2.75) is 6.92 Å². The number of hydrogen-bond donors (Lipinski definition) is 3. The van der Waals surface area contributed by atoms with Gasteiger partial charge in [0.1, 0.15) is 5.75 Å². The highest BCUT2D eigenvalue weighted by Gasteiger charge is 2.03. The molecule has 0 radical (unpaired) electrons. The van der Waals surface area contributed by atoms with Crippen LogP contribution >= 0.6 is 12.2 Å². The topological polar surface area (TPSA) is 86.2 Å². The fourth-order valence-corrected chi connectivity index (χ4v) is 1.34. The van der Waals surface area contributed by atoms with E-state index in [-0.39, 0.29) is 12.5 Å². The zero-order chi connectivity index (χ0) is 14.1. The summed E-state index contributed by atoms with van der Waals surface area (Å²) in [5.41, 5.74) is 5.46. The van der Waals surface area contributed by atoms with Crippen molar-refractivity contribution in [1.29, 1.82) is 5.26 Å². The molecule has 0 atom stereocenters. The highest BCUT2D eigenvalue weighted by Crippen LogP contribution is 2.10. The summed E-state index contributed by atoms with van der Waals surface area (Å²) in [5.74, 6) is 0.160. The second kappa shape index (κ2) is 7.89. The Labute approximate surface area is 116 Å². The third-order valence-corrected chi connectivity index (χ3v) is 2.25. The van der Waals surface area contributed by atoms with Crippen LogP contribution in [0.1, 0.15) is 12.5 Å². The minimum Gasteiger partial charge on any atom is -0.484 e. The maximum Gasteiger partial charge on any atom is 0.276 e. The van der Waals surface area contributed by atoms with Crippen LogP contribution in [0.5, 0.6) is 5.75 Å². The van der Waals surface area contributed by atoms with Gasteiger partial charge in [-0.1, -0.05) is 0 Å². The van der Waals surface area contributed by atoms with Crippen molar-refractivity contribution < 1.29 is 9.53 Å². The maximum atomic E-state index is 11.4. The number of hydrazine groups is 1. The molecule has 0 saturated heterocycles. The summed E-state index contributed by atoms with van der Waals surface area (Å²) < 4.78 is 5.23. The average molecular weight is 278 g/mol. The monoisotopic (exact) mass is 278 g/mol. The summed E-state index contributed by atoms with van der Waals surface area (Å²) in [5, 5.41) is 11.8. The first-order valence-corrected chi connectivity index (χ1v) is 6.02. The van der Waals surface area contributed by atoms with Gasteiger partial charge in [-0.2, -0.15) is 5.26 Å². The number of amides is 1. The molecular weight excluding hydrogens is 264 g/mol. The summed E-state index contributed by atoms with van der Waals surface area (Å²) >= 11 is 4.87. The quantitative estimate of drug-likeness (QED) is 0.548. The van der Waals surface area contributed by atoms with Gasteiger partial charge in [-0.05, 0) is 43.4 Å². The van der Waals surface area contributed by atoms with E-state index in [2.05, 4.69) is 16.2 Å². The molecule has 1 amide bonds. The molecule has 1 aromatic rings. The number of hydrogen-bond acceptors (Lipinski definition) is 4. The third-order valence-electron chi connectivity index (χ3n) is 2.01. The van der Waals surface area contributed by atoms with Crippen molar-refractivity contribution in [3.8, 4) is 11.8 Å². The van der Waals surface area contributed by atoms with Gasteiger partial charge in [0.05, 0.1) is 11.6 Å². The number of carbonyl (C=O) groups is 1. The number of ether oxygens (including phenoxy) is 1. The SMILES string of the molecule is CCNC(=S)NNC(=O)COc1ccc(C#N)cc1. The van der Waals surface area contributed by atoms with Gasteiger partial charge < -0.3 is 10.1 Å². The number of nitrogens with zero attached hydrogens (tertiary/aromatic N) is 1. The average Bonchev–Trinajstić information content (AvgIpc) is 2.44. The molecule has 0 unspecified atom stereocenters. The van der Waals surface area contributed by atoms with E-state index >= 15 is 0 Å².